The molecule has 0 radical (unpaired) electrons. The second-order valence-electron chi connectivity index (χ2n) is 6.41. The van der Waals surface area contributed by atoms with Gasteiger partial charge in [-0.2, -0.15) is 0 Å². The number of rotatable bonds is 6. The van der Waals surface area contributed by atoms with Crippen LogP contribution in [0.1, 0.15) is 5.56 Å². The summed E-state index contributed by atoms with van der Waals surface area (Å²) in [6.07, 6.45) is 0.396. The summed E-state index contributed by atoms with van der Waals surface area (Å²) < 4.78 is 24.4. The first-order chi connectivity index (χ1) is 12.6. The number of carbonyl (C=O) groups excluding carboxylic acids is 1. The predicted octanol–water partition coefficient (Wildman–Crippen LogP) is 2.04. The minimum Gasteiger partial charge on any atom is -0.484 e. The summed E-state index contributed by atoms with van der Waals surface area (Å²) in [7, 11) is 0. The molecular formula is C20H22FNO4. The lowest BCUT2D eigenvalue weighted by Gasteiger charge is -2.41. The van der Waals surface area contributed by atoms with Crippen molar-refractivity contribution in [2.45, 2.75) is 12.0 Å². The topological polar surface area (TPSA) is 59.0 Å². The highest BCUT2D eigenvalue weighted by Gasteiger charge is 2.38. The molecular weight excluding hydrogens is 337 g/mol. The van der Waals surface area contributed by atoms with Crippen molar-refractivity contribution in [1.29, 1.82) is 0 Å². The molecule has 3 rings (SSSR count). The van der Waals surface area contributed by atoms with Crippen molar-refractivity contribution in [2.75, 3.05) is 32.9 Å². The quantitative estimate of drug-likeness (QED) is 0.858. The molecule has 6 heteroatoms. The van der Waals surface area contributed by atoms with Crippen molar-refractivity contribution in [3.8, 4) is 5.75 Å². The van der Waals surface area contributed by atoms with Crippen molar-refractivity contribution in [3.05, 3.63) is 66.0 Å². The van der Waals surface area contributed by atoms with Crippen LogP contribution in [0.4, 0.5) is 4.39 Å². The van der Waals surface area contributed by atoms with E-state index >= 15 is 0 Å². The van der Waals surface area contributed by atoms with Gasteiger partial charge in [0.25, 0.3) is 5.91 Å². The predicted molar refractivity (Wildman–Crippen MR) is 94.4 cm³/mol. The number of hydrogen-bond donors (Lipinski definition) is 1. The Morgan fingerprint density at radius 1 is 1.19 bits per heavy atom. The fourth-order valence-corrected chi connectivity index (χ4v) is 3.04. The SMILES string of the molecule is O=C(COc1ccccc1)N1CCOC(CO)(Cc2ccc(F)cc2)C1. The Labute approximate surface area is 152 Å². The number of aliphatic hydroxyl groups excluding tert-OH is 1. The number of hydrogen-bond acceptors (Lipinski definition) is 4. The lowest BCUT2D eigenvalue weighted by atomic mass is 9.93. The molecule has 1 heterocycles. The van der Waals surface area contributed by atoms with Crippen LogP contribution in [0.25, 0.3) is 0 Å². The molecule has 0 aliphatic carbocycles. The zero-order valence-corrected chi connectivity index (χ0v) is 14.4. The number of amides is 1. The summed E-state index contributed by atoms with van der Waals surface area (Å²) in [6, 6.07) is 15.2. The van der Waals surface area contributed by atoms with Crippen LogP contribution in [0.2, 0.25) is 0 Å². The highest BCUT2D eigenvalue weighted by molar-refractivity contribution is 5.78. The van der Waals surface area contributed by atoms with Gasteiger partial charge in [-0.1, -0.05) is 30.3 Å². The van der Waals surface area contributed by atoms with E-state index < -0.39 is 5.60 Å². The van der Waals surface area contributed by atoms with E-state index in [2.05, 4.69) is 0 Å². The highest BCUT2D eigenvalue weighted by Crippen LogP contribution is 2.23. The maximum absolute atomic E-state index is 13.1. The number of carbonyl (C=O) groups is 1. The van der Waals surface area contributed by atoms with Crippen LogP contribution in [0, 0.1) is 5.82 Å². The van der Waals surface area contributed by atoms with Crippen molar-refractivity contribution in [2.24, 2.45) is 0 Å². The molecule has 0 spiro atoms. The highest BCUT2D eigenvalue weighted by atomic mass is 19.1. The molecule has 0 saturated carbocycles. The first-order valence-electron chi connectivity index (χ1n) is 8.55. The Morgan fingerprint density at radius 2 is 1.92 bits per heavy atom. The van der Waals surface area contributed by atoms with Crippen LogP contribution in [0.5, 0.6) is 5.75 Å². The van der Waals surface area contributed by atoms with E-state index in [-0.39, 0.29) is 31.5 Å². The van der Waals surface area contributed by atoms with Gasteiger partial charge in [0.15, 0.2) is 6.61 Å². The molecule has 2 aromatic rings. The molecule has 1 unspecified atom stereocenters. The fraction of sp³-hybridized carbons (Fsp3) is 0.350. The molecule has 1 saturated heterocycles. The zero-order valence-electron chi connectivity index (χ0n) is 14.4. The minimum absolute atomic E-state index is 0.0674. The van der Waals surface area contributed by atoms with E-state index in [1.807, 2.05) is 18.2 Å². The van der Waals surface area contributed by atoms with E-state index in [0.29, 0.717) is 25.3 Å². The van der Waals surface area contributed by atoms with Gasteiger partial charge in [0.05, 0.1) is 19.8 Å². The largest absolute Gasteiger partial charge is 0.484 e. The van der Waals surface area contributed by atoms with Gasteiger partial charge in [-0.3, -0.25) is 4.79 Å². The first-order valence-corrected chi connectivity index (χ1v) is 8.55. The Balaban J connectivity index is 1.62. The van der Waals surface area contributed by atoms with E-state index in [0.717, 1.165) is 5.56 Å². The van der Waals surface area contributed by atoms with Gasteiger partial charge in [-0.25, -0.2) is 4.39 Å². The lowest BCUT2D eigenvalue weighted by molar-refractivity contribution is -0.159. The molecule has 0 bridgehead atoms. The maximum atomic E-state index is 13.1. The maximum Gasteiger partial charge on any atom is 0.260 e. The first kappa shape index (κ1) is 18.4. The second kappa shape index (κ2) is 8.29. The van der Waals surface area contributed by atoms with Gasteiger partial charge in [0, 0.05) is 13.0 Å². The molecule has 2 aromatic carbocycles. The number of benzene rings is 2. The van der Waals surface area contributed by atoms with Gasteiger partial charge in [0.1, 0.15) is 17.2 Å². The van der Waals surface area contributed by atoms with Gasteiger partial charge < -0.3 is 19.5 Å². The van der Waals surface area contributed by atoms with E-state index in [1.165, 1.54) is 12.1 Å². The van der Waals surface area contributed by atoms with E-state index in [4.69, 9.17) is 9.47 Å². The smallest absolute Gasteiger partial charge is 0.260 e. The van der Waals surface area contributed by atoms with Crippen molar-refractivity contribution < 1.29 is 23.8 Å². The average Bonchev–Trinajstić information content (AvgIpc) is 2.69. The number of morpholine rings is 1. The standard InChI is InChI=1S/C20H22FNO4/c21-17-8-6-16(7-9-17)12-20(15-23)14-22(10-11-26-20)19(24)13-25-18-4-2-1-3-5-18/h1-9,23H,10-15H2. The lowest BCUT2D eigenvalue weighted by Crippen LogP contribution is -2.57. The van der Waals surface area contributed by atoms with Crippen LogP contribution in [0.15, 0.2) is 54.6 Å². The second-order valence-corrected chi connectivity index (χ2v) is 6.41. The zero-order chi connectivity index (χ0) is 18.4. The van der Waals surface area contributed by atoms with E-state index in [9.17, 15) is 14.3 Å². The van der Waals surface area contributed by atoms with Gasteiger partial charge in [-0.15, -0.1) is 0 Å². The molecule has 5 nitrogen and oxygen atoms in total. The molecule has 1 atom stereocenters. The third kappa shape index (κ3) is 4.59. The molecule has 1 fully saturated rings. The van der Waals surface area contributed by atoms with Crippen molar-refractivity contribution >= 4 is 5.91 Å². The molecule has 1 aliphatic heterocycles. The van der Waals surface area contributed by atoms with Crippen molar-refractivity contribution in [1.82, 2.24) is 4.90 Å². The van der Waals surface area contributed by atoms with Crippen LogP contribution < -0.4 is 4.74 Å². The summed E-state index contributed by atoms with van der Waals surface area (Å²) in [5.74, 6) is 0.161. The number of nitrogens with zero attached hydrogens (tertiary/aromatic N) is 1. The van der Waals surface area contributed by atoms with Crippen LogP contribution in [-0.2, 0) is 16.0 Å². The average molecular weight is 359 g/mol. The number of aliphatic hydroxyl groups is 1. The Morgan fingerprint density at radius 3 is 2.62 bits per heavy atom. The summed E-state index contributed by atoms with van der Waals surface area (Å²) >= 11 is 0. The Bertz CT molecular complexity index is 722. The van der Waals surface area contributed by atoms with Crippen LogP contribution >= 0.6 is 0 Å². The summed E-state index contributed by atoms with van der Waals surface area (Å²) in [6.45, 7) is 0.745. The minimum atomic E-state index is -0.890. The summed E-state index contributed by atoms with van der Waals surface area (Å²) in [4.78, 5) is 14.1. The van der Waals surface area contributed by atoms with Crippen LogP contribution in [0.3, 0.4) is 0 Å². The van der Waals surface area contributed by atoms with Gasteiger partial charge >= 0.3 is 0 Å². The Hall–Kier alpha value is -2.44. The normalized spacial score (nSPS) is 20.0. The molecule has 1 N–H and O–H groups in total. The third-order valence-corrected chi connectivity index (χ3v) is 4.43. The van der Waals surface area contributed by atoms with Crippen LogP contribution in [-0.4, -0.2) is 54.4 Å². The van der Waals surface area contributed by atoms with Gasteiger partial charge in [0.2, 0.25) is 0 Å². The fourth-order valence-electron chi connectivity index (χ4n) is 3.04. The number of halogens is 1. The molecule has 1 aliphatic rings. The molecule has 138 valence electrons. The molecule has 1 amide bonds. The monoisotopic (exact) mass is 359 g/mol. The van der Waals surface area contributed by atoms with Crippen molar-refractivity contribution in [3.63, 3.8) is 0 Å². The van der Waals surface area contributed by atoms with Gasteiger partial charge in [-0.05, 0) is 29.8 Å². The number of para-hydroxylation sites is 1. The Kier molecular flexibility index (Phi) is 5.85. The van der Waals surface area contributed by atoms with E-state index in [1.54, 1.807) is 29.2 Å². The summed E-state index contributed by atoms with van der Waals surface area (Å²) in [5, 5.41) is 9.90. The molecule has 0 aromatic heterocycles. The number of ether oxygens (including phenoxy) is 2. The molecule has 26 heavy (non-hydrogen) atoms. The summed E-state index contributed by atoms with van der Waals surface area (Å²) in [5.41, 5.74) is -0.0475. The third-order valence-electron chi connectivity index (χ3n) is 4.43.